The molecule has 2 atom stereocenters. The summed E-state index contributed by atoms with van der Waals surface area (Å²) in [6.07, 6.45) is 7.11. The second-order valence-corrected chi connectivity index (χ2v) is 5.00. The first-order chi connectivity index (χ1) is 7.65. The lowest BCUT2D eigenvalue weighted by molar-refractivity contribution is 0.383. The molecule has 0 saturated carbocycles. The predicted octanol–water partition coefficient (Wildman–Crippen LogP) is 4.44. The van der Waals surface area contributed by atoms with Gasteiger partial charge in [-0.25, -0.2) is 0 Å². The number of halogens is 1. The molecule has 0 amide bonds. The molecule has 0 spiro atoms. The lowest BCUT2D eigenvalue weighted by Gasteiger charge is -2.18. The first-order valence-corrected chi connectivity index (χ1v) is 6.54. The summed E-state index contributed by atoms with van der Waals surface area (Å²) in [5, 5.41) is 3.52. The molecule has 0 aromatic carbocycles. The molecule has 0 bridgehead atoms. The minimum atomic E-state index is 0.239. The zero-order valence-corrected chi connectivity index (χ0v) is 11.6. The average Bonchev–Trinajstić information content (AvgIpc) is 2.65. The molecular formula is C13H20BrNO. The normalized spacial score (nSPS) is 14.7. The SMILES string of the molecule is C=CCCCC(C)NC(C)c1occc1Br. The fourth-order valence-corrected chi connectivity index (χ4v) is 2.31. The largest absolute Gasteiger partial charge is 0.466 e. The summed E-state index contributed by atoms with van der Waals surface area (Å²) in [4.78, 5) is 0. The Balaban J connectivity index is 2.36. The van der Waals surface area contributed by atoms with Gasteiger partial charge >= 0.3 is 0 Å². The van der Waals surface area contributed by atoms with Crippen molar-refractivity contribution < 1.29 is 4.42 Å². The third kappa shape index (κ3) is 4.14. The Morgan fingerprint density at radius 2 is 2.31 bits per heavy atom. The van der Waals surface area contributed by atoms with E-state index in [-0.39, 0.29) is 6.04 Å². The van der Waals surface area contributed by atoms with Crippen LogP contribution in [0.4, 0.5) is 0 Å². The quantitative estimate of drug-likeness (QED) is 0.592. The van der Waals surface area contributed by atoms with Crippen LogP contribution in [0.3, 0.4) is 0 Å². The average molecular weight is 286 g/mol. The van der Waals surface area contributed by atoms with E-state index in [2.05, 4.69) is 41.7 Å². The van der Waals surface area contributed by atoms with E-state index in [0.29, 0.717) is 6.04 Å². The van der Waals surface area contributed by atoms with Gasteiger partial charge < -0.3 is 9.73 Å². The predicted molar refractivity (Wildman–Crippen MR) is 71.5 cm³/mol. The van der Waals surface area contributed by atoms with E-state index >= 15 is 0 Å². The van der Waals surface area contributed by atoms with Crippen molar-refractivity contribution >= 4 is 15.9 Å². The Morgan fingerprint density at radius 3 is 2.88 bits per heavy atom. The zero-order chi connectivity index (χ0) is 12.0. The van der Waals surface area contributed by atoms with Crippen molar-refractivity contribution in [3.63, 3.8) is 0 Å². The number of hydrogen-bond donors (Lipinski definition) is 1. The van der Waals surface area contributed by atoms with Gasteiger partial charge in [0.2, 0.25) is 0 Å². The van der Waals surface area contributed by atoms with Crippen LogP contribution in [0, 0.1) is 0 Å². The molecule has 2 nitrogen and oxygen atoms in total. The molecule has 0 aliphatic rings. The Bertz CT molecular complexity index is 321. The Labute approximate surface area is 106 Å². The topological polar surface area (TPSA) is 25.2 Å². The van der Waals surface area contributed by atoms with Crippen molar-refractivity contribution in [3.8, 4) is 0 Å². The maximum absolute atomic E-state index is 5.43. The fraction of sp³-hybridized carbons (Fsp3) is 0.538. The lowest BCUT2D eigenvalue weighted by Crippen LogP contribution is -2.28. The van der Waals surface area contributed by atoms with Crippen molar-refractivity contribution in [1.29, 1.82) is 0 Å². The molecular weight excluding hydrogens is 266 g/mol. The van der Waals surface area contributed by atoms with Gasteiger partial charge in [0.1, 0.15) is 5.76 Å². The monoisotopic (exact) mass is 285 g/mol. The molecule has 16 heavy (non-hydrogen) atoms. The first-order valence-electron chi connectivity index (χ1n) is 5.75. The van der Waals surface area contributed by atoms with Gasteiger partial charge in [0.05, 0.1) is 16.8 Å². The van der Waals surface area contributed by atoms with Crippen LogP contribution in [-0.4, -0.2) is 6.04 Å². The summed E-state index contributed by atoms with van der Waals surface area (Å²) in [6.45, 7) is 8.05. The van der Waals surface area contributed by atoms with Crippen LogP contribution < -0.4 is 5.32 Å². The number of nitrogens with one attached hydrogen (secondary N) is 1. The van der Waals surface area contributed by atoms with Gasteiger partial charge in [0.15, 0.2) is 0 Å². The number of hydrogen-bond acceptors (Lipinski definition) is 2. The second kappa shape index (κ2) is 6.92. The molecule has 0 saturated heterocycles. The third-order valence-electron chi connectivity index (χ3n) is 2.62. The van der Waals surface area contributed by atoms with Crippen molar-refractivity contribution in [2.75, 3.05) is 0 Å². The lowest BCUT2D eigenvalue weighted by atomic mass is 10.1. The van der Waals surface area contributed by atoms with Gasteiger partial charge in [-0.3, -0.25) is 0 Å². The minimum Gasteiger partial charge on any atom is -0.466 e. The van der Waals surface area contributed by atoms with Crippen LogP contribution in [0.5, 0.6) is 0 Å². The van der Waals surface area contributed by atoms with Crippen LogP contribution in [0.1, 0.15) is 44.9 Å². The van der Waals surface area contributed by atoms with Crippen LogP contribution >= 0.6 is 15.9 Å². The van der Waals surface area contributed by atoms with E-state index in [9.17, 15) is 0 Å². The van der Waals surface area contributed by atoms with E-state index in [0.717, 1.165) is 23.1 Å². The van der Waals surface area contributed by atoms with Gasteiger partial charge in [-0.2, -0.15) is 0 Å². The second-order valence-electron chi connectivity index (χ2n) is 4.14. The van der Waals surface area contributed by atoms with Crippen LogP contribution in [-0.2, 0) is 0 Å². The van der Waals surface area contributed by atoms with E-state index in [1.807, 2.05) is 12.1 Å². The van der Waals surface area contributed by atoms with E-state index < -0.39 is 0 Å². The Morgan fingerprint density at radius 1 is 1.56 bits per heavy atom. The van der Waals surface area contributed by atoms with Crippen molar-refractivity contribution in [2.24, 2.45) is 0 Å². The maximum atomic E-state index is 5.43. The van der Waals surface area contributed by atoms with Gasteiger partial charge in [-0.05, 0) is 55.1 Å². The summed E-state index contributed by atoms with van der Waals surface area (Å²) in [6, 6.07) is 2.66. The molecule has 90 valence electrons. The van der Waals surface area contributed by atoms with Gasteiger partial charge in [0, 0.05) is 6.04 Å². The molecule has 2 unspecified atom stereocenters. The highest BCUT2D eigenvalue weighted by Crippen LogP contribution is 2.24. The van der Waals surface area contributed by atoms with E-state index in [1.54, 1.807) is 6.26 Å². The van der Waals surface area contributed by atoms with E-state index in [4.69, 9.17) is 4.42 Å². The highest BCUT2D eigenvalue weighted by Gasteiger charge is 2.14. The molecule has 0 aliphatic heterocycles. The van der Waals surface area contributed by atoms with Crippen LogP contribution in [0.2, 0.25) is 0 Å². The Hall–Kier alpha value is -0.540. The summed E-state index contributed by atoms with van der Waals surface area (Å²) < 4.78 is 6.46. The molecule has 1 aromatic heterocycles. The zero-order valence-electron chi connectivity index (χ0n) is 10.0. The standard InChI is InChI=1S/C13H20BrNO/c1-4-5-6-7-10(2)15-11(3)13-12(14)8-9-16-13/h4,8-11,15H,1,5-7H2,2-3H3. The molecule has 1 rings (SSSR count). The summed E-state index contributed by atoms with van der Waals surface area (Å²) >= 11 is 3.47. The first kappa shape index (κ1) is 13.5. The molecule has 0 aliphatic carbocycles. The smallest absolute Gasteiger partial charge is 0.134 e. The minimum absolute atomic E-state index is 0.239. The molecule has 1 heterocycles. The van der Waals surface area contributed by atoms with Crippen molar-refractivity contribution in [3.05, 3.63) is 35.2 Å². The van der Waals surface area contributed by atoms with Gasteiger partial charge in [-0.15, -0.1) is 6.58 Å². The maximum Gasteiger partial charge on any atom is 0.134 e. The number of unbranched alkanes of at least 4 members (excludes halogenated alkanes) is 1. The highest BCUT2D eigenvalue weighted by molar-refractivity contribution is 9.10. The summed E-state index contributed by atoms with van der Waals surface area (Å²) in [7, 11) is 0. The molecule has 1 aromatic rings. The number of furan rings is 1. The van der Waals surface area contributed by atoms with Gasteiger partial charge in [-0.1, -0.05) is 6.08 Å². The van der Waals surface area contributed by atoms with E-state index in [1.165, 1.54) is 6.42 Å². The molecule has 3 heteroatoms. The van der Waals surface area contributed by atoms with Crippen LogP contribution in [0.15, 0.2) is 33.9 Å². The molecule has 1 N–H and O–H groups in total. The molecule has 0 fully saturated rings. The summed E-state index contributed by atoms with van der Waals surface area (Å²) in [5.41, 5.74) is 0. The van der Waals surface area contributed by atoms with Crippen molar-refractivity contribution in [2.45, 2.75) is 45.2 Å². The van der Waals surface area contributed by atoms with Crippen LogP contribution in [0.25, 0.3) is 0 Å². The van der Waals surface area contributed by atoms with Crippen molar-refractivity contribution in [1.82, 2.24) is 5.32 Å². The third-order valence-corrected chi connectivity index (χ3v) is 3.27. The number of allylic oxidation sites excluding steroid dienone is 1. The van der Waals surface area contributed by atoms with Gasteiger partial charge in [0.25, 0.3) is 0 Å². The molecule has 0 radical (unpaired) electrons. The fourth-order valence-electron chi connectivity index (χ4n) is 1.77. The Kier molecular flexibility index (Phi) is 5.85. The summed E-state index contributed by atoms with van der Waals surface area (Å²) in [5.74, 6) is 0.968. The highest BCUT2D eigenvalue weighted by atomic mass is 79.9. The number of rotatable bonds is 7.